The van der Waals surface area contributed by atoms with Gasteiger partial charge in [-0.15, -0.1) is 0 Å². The van der Waals surface area contributed by atoms with E-state index in [4.69, 9.17) is 23.2 Å². The van der Waals surface area contributed by atoms with Crippen LogP contribution in [0.3, 0.4) is 0 Å². The Balaban J connectivity index is 2.82. The van der Waals surface area contributed by atoms with Crippen molar-refractivity contribution in [2.45, 2.75) is 23.5 Å². The Bertz CT molecular complexity index is 976. The lowest BCUT2D eigenvalue weighted by atomic mass is 10.2. The van der Waals surface area contributed by atoms with E-state index in [1.165, 1.54) is 0 Å². The molecule has 2 rings (SSSR count). The summed E-state index contributed by atoms with van der Waals surface area (Å²) in [5, 5.41) is 4.73. The van der Waals surface area contributed by atoms with Gasteiger partial charge < -0.3 is 5.32 Å². The minimum atomic E-state index is -5.81. The zero-order valence-electron chi connectivity index (χ0n) is 13.3. The molecule has 0 bridgehead atoms. The molecule has 0 saturated carbocycles. The van der Waals surface area contributed by atoms with Gasteiger partial charge in [-0.05, 0) is 19.1 Å². The maximum Gasteiger partial charge on any atom is 0.502 e. The van der Waals surface area contributed by atoms with Gasteiger partial charge in [0.1, 0.15) is 16.4 Å². The van der Waals surface area contributed by atoms with Crippen LogP contribution in [0.5, 0.6) is 0 Å². The van der Waals surface area contributed by atoms with Gasteiger partial charge in [0.05, 0.1) is 21.3 Å². The zero-order chi connectivity index (χ0) is 20.9. The molecule has 5 nitrogen and oxygen atoms in total. The number of sulfone groups is 1. The number of halogens is 8. The lowest BCUT2D eigenvalue weighted by Crippen LogP contribution is -2.24. The number of hydrogen-bond acceptors (Lipinski definition) is 4. The molecule has 0 amide bonds. The van der Waals surface area contributed by atoms with Gasteiger partial charge >= 0.3 is 11.7 Å². The predicted octanol–water partition coefficient (Wildman–Crippen LogP) is 4.84. The Morgan fingerprint density at radius 2 is 1.56 bits per heavy atom. The molecule has 14 heteroatoms. The van der Waals surface area contributed by atoms with E-state index in [1.807, 2.05) is 0 Å². The van der Waals surface area contributed by atoms with Gasteiger partial charge in [0.25, 0.3) is 9.84 Å². The van der Waals surface area contributed by atoms with Crippen molar-refractivity contribution in [2.75, 3.05) is 12.4 Å². The fourth-order valence-corrected chi connectivity index (χ4v) is 4.01. The summed E-state index contributed by atoms with van der Waals surface area (Å²) in [5.74, 6) is -0.659. The molecule has 0 atom stereocenters. The maximum absolute atomic E-state index is 12.9. The molecule has 0 radical (unpaired) electrons. The van der Waals surface area contributed by atoms with E-state index in [0.29, 0.717) is 16.8 Å². The molecule has 150 valence electrons. The third kappa shape index (κ3) is 3.69. The molecule has 0 unspecified atom stereocenters. The van der Waals surface area contributed by atoms with Crippen molar-refractivity contribution in [1.82, 2.24) is 9.78 Å². The van der Waals surface area contributed by atoms with Gasteiger partial charge in [-0.1, -0.05) is 23.2 Å². The Kier molecular flexibility index (Phi) is 5.40. The molecule has 27 heavy (non-hydrogen) atoms. The molecule has 1 aromatic heterocycles. The van der Waals surface area contributed by atoms with Gasteiger partial charge in [0, 0.05) is 7.05 Å². The first kappa shape index (κ1) is 21.6. The first-order valence-corrected chi connectivity index (χ1v) is 9.02. The Hall–Kier alpha value is -1.66. The van der Waals surface area contributed by atoms with Gasteiger partial charge in [-0.2, -0.15) is 31.4 Å². The molecule has 2 aromatic rings. The predicted molar refractivity (Wildman–Crippen MR) is 86.1 cm³/mol. The van der Waals surface area contributed by atoms with Gasteiger partial charge in [-0.3, -0.25) is 0 Å². The summed E-state index contributed by atoms with van der Waals surface area (Å²) >= 11 is 11.7. The Morgan fingerprint density at radius 1 is 1.07 bits per heavy atom. The summed E-state index contributed by atoms with van der Waals surface area (Å²) in [4.78, 5) is -1.19. The van der Waals surface area contributed by atoms with Crippen LogP contribution in [0, 0.1) is 6.92 Å². The summed E-state index contributed by atoms with van der Waals surface area (Å²) in [7, 11) is -4.70. The van der Waals surface area contributed by atoms with Crippen LogP contribution in [0.25, 0.3) is 5.69 Å². The second kappa shape index (κ2) is 6.74. The van der Waals surface area contributed by atoms with Crippen molar-refractivity contribution in [3.05, 3.63) is 33.4 Å². The van der Waals surface area contributed by atoms with E-state index in [-0.39, 0.29) is 0 Å². The van der Waals surface area contributed by atoms with Crippen molar-refractivity contribution in [3.8, 4) is 5.69 Å². The first-order valence-electron chi connectivity index (χ1n) is 6.78. The summed E-state index contributed by atoms with van der Waals surface area (Å²) < 4.78 is 102. The summed E-state index contributed by atoms with van der Waals surface area (Å²) in [6.07, 6.45) is -4.78. The van der Waals surface area contributed by atoms with Gasteiger partial charge in [-0.25, -0.2) is 13.1 Å². The normalized spacial score (nSPS) is 13.1. The van der Waals surface area contributed by atoms with E-state index in [9.17, 15) is 34.8 Å². The third-order valence-electron chi connectivity index (χ3n) is 3.37. The average Bonchev–Trinajstić information content (AvgIpc) is 2.81. The van der Waals surface area contributed by atoms with Crippen LogP contribution < -0.4 is 5.32 Å². The van der Waals surface area contributed by atoms with Crippen LogP contribution in [0.15, 0.2) is 17.0 Å². The van der Waals surface area contributed by atoms with Crippen LogP contribution in [0.1, 0.15) is 11.3 Å². The van der Waals surface area contributed by atoms with Crippen molar-refractivity contribution in [1.29, 1.82) is 0 Å². The number of nitrogens with one attached hydrogen (secondary N) is 1. The van der Waals surface area contributed by atoms with Crippen molar-refractivity contribution in [3.63, 3.8) is 0 Å². The topological polar surface area (TPSA) is 64.0 Å². The van der Waals surface area contributed by atoms with E-state index >= 15 is 0 Å². The number of nitrogens with zero attached hydrogens (tertiary/aromatic N) is 2. The first-order chi connectivity index (χ1) is 12.1. The number of aromatic nitrogens is 2. The summed E-state index contributed by atoms with van der Waals surface area (Å²) in [6, 6.07) is 0.994. The van der Waals surface area contributed by atoms with Crippen LogP contribution in [-0.4, -0.2) is 30.8 Å². The van der Waals surface area contributed by atoms with E-state index in [1.54, 1.807) is 0 Å². The maximum atomic E-state index is 12.9. The fraction of sp³-hybridized carbons (Fsp3) is 0.308. The van der Waals surface area contributed by atoms with Crippen LogP contribution in [-0.2, 0) is 16.0 Å². The number of alkyl halides is 6. The lowest BCUT2D eigenvalue weighted by Gasteiger charge is -2.15. The van der Waals surface area contributed by atoms with Crippen LogP contribution in [0.4, 0.5) is 32.2 Å². The van der Waals surface area contributed by atoms with Crippen molar-refractivity contribution in [2.24, 2.45) is 0 Å². The van der Waals surface area contributed by atoms with E-state index in [0.717, 1.165) is 14.0 Å². The molecular formula is C13H9Cl2F6N3O2S. The number of anilines is 1. The highest BCUT2D eigenvalue weighted by molar-refractivity contribution is 7.92. The molecule has 0 saturated heterocycles. The number of aryl methyl sites for hydroxylation is 1. The molecule has 1 N–H and O–H groups in total. The third-order valence-corrected chi connectivity index (χ3v) is 5.58. The zero-order valence-corrected chi connectivity index (χ0v) is 15.6. The summed E-state index contributed by atoms with van der Waals surface area (Å²) in [6.45, 7) is 0.988. The SMILES string of the molecule is CNc1c(S(=O)(=O)C(F)(F)F)c(C)nn1-c1c(Cl)cc(C(F)(F)F)cc1Cl. The highest BCUT2D eigenvalue weighted by Gasteiger charge is 2.50. The minimum absolute atomic E-state index is 0.414. The molecular weight excluding hydrogens is 447 g/mol. The molecule has 0 aliphatic carbocycles. The van der Waals surface area contributed by atoms with Crippen LogP contribution in [0.2, 0.25) is 10.0 Å². The van der Waals surface area contributed by atoms with Gasteiger partial charge in [0.15, 0.2) is 0 Å². The molecule has 0 fully saturated rings. The molecule has 0 aliphatic rings. The molecule has 0 spiro atoms. The monoisotopic (exact) mass is 455 g/mol. The van der Waals surface area contributed by atoms with Gasteiger partial charge in [0.2, 0.25) is 0 Å². The van der Waals surface area contributed by atoms with Crippen molar-refractivity contribution >= 4 is 38.9 Å². The van der Waals surface area contributed by atoms with Crippen LogP contribution >= 0.6 is 23.2 Å². The number of hydrogen-bond donors (Lipinski definition) is 1. The minimum Gasteiger partial charge on any atom is -0.372 e. The second-order valence-corrected chi connectivity index (χ2v) is 7.85. The fourth-order valence-electron chi connectivity index (χ4n) is 2.26. The quantitative estimate of drug-likeness (QED) is 0.672. The van der Waals surface area contributed by atoms with Crippen molar-refractivity contribution < 1.29 is 34.8 Å². The smallest absolute Gasteiger partial charge is 0.372 e. The highest BCUT2D eigenvalue weighted by Crippen LogP contribution is 2.41. The largest absolute Gasteiger partial charge is 0.502 e. The second-order valence-electron chi connectivity index (χ2n) is 5.16. The Morgan fingerprint density at radius 3 is 1.93 bits per heavy atom. The number of benzene rings is 1. The highest BCUT2D eigenvalue weighted by atomic mass is 35.5. The summed E-state index contributed by atoms with van der Waals surface area (Å²) in [5.41, 5.74) is -7.78. The molecule has 1 heterocycles. The lowest BCUT2D eigenvalue weighted by molar-refractivity contribution is -0.137. The molecule has 0 aliphatic heterocycles. The number of rotatable bonds is 3. The van der Waals surface area contributed by atoms with E-state index in [2.05, 4.69) is 10.4 Å². The molecule has 1 aromatic carbocycles. The average molecular weight is 456 g/mol. The Labute approximate surface area is 158 Å². The standard InChI is InChI=1S/C13H9Cl2F6N3O2S/c1-5-10(27(25,26)13(19,20)21)11(22-2)24(23-5)9-7(14)3-6(4-8(9)15)12(16,17)18/h3-4,22H,1-2H3. The van der Waals surface area contributed by atoms with E-state index < -0.39 is 59.2 Å².